The number of H-pyrrole nitrogens is 1. The Bertz CT molecular complexity index is 1030. The fourth-order valence-electron chi connectivity index (χ4n) is 4.87. The second-order valence-corrected chi connectivity index (χ2v) is 7.48. The molecule has 126 valence electrons. The molecule has 0 aliphatic carbocycles. The van der Waals surface area contributed by atoms with Gasteiger partial charge in [-0.1, -0.05) is 35.9 Å². The normalized spacial score (nSPS) is 24.9. The maximum Gasteiger partial charge on any atom is 0.225 e. The number of hydrogen-bond acceptors (Lipinski definition) is 2. The van der Waals surface area contributed by atoms with Crippen LogP contribution >= 0.6 is 11.6 Å². The number of nitrogens with one attached hydrogen (secondary N) is 1. The zero-order chi connectivity index (χ0) is 17.3. The SMILES string of the molecule is CN1C(=O)C[C@@]2(c3c[nH]c4ccccc34)c3ccc(Cl)cc3N(C)[C@@H]12. The highest BCUT2D eigenvalue weighted by Crippen LogP contribution is 2.56. The van der Waals surface area contributed by atoms with Crippen molar-refractivity contribution in [2.75, 3.05) is 19.0 Å². The number of carbonyl (C=O) groups is 1. The number of rotatable bonds is 1. The zero-order valence-corrected chi connectivity index (χ0v) is 14.8. The van der Waals surface area contributed by atoms with Crippen LogP contribution in [0.15, 0.2) is 48.7 Å². The Kier molecular flexibility index (Phi) is 2.85. The molecule has 1 aromatic heterocycles. The van der Waals surface area contributed by atoms with Crippen LogP contribution in [0.1, 0.15) is 17.5 Å². The number of fused-ring (bicyclic) bond motifs is 4. The quantitative estimate of drug-likeness (QED) is 0.725. The Hall–Kier alpha value is -2.46. The fourth-order valence-corrected chi connectivity index (χ4v) is 5.04. The van der Waals surface area contributed by atoms with E-state index in [1.54, 1.807) is 0 Å². The molecule has 1 fully saturated rings. The molecule has 0 bridgehead atoms. The van der Waals surface area contributed by atoms with E-state index in [-0.39, 0.29) is 17.5 Å². The van der Waals surface area contributed by atoms with E-state index in [1.807, 2.05) is 43.3 Å². The fraction of sp³-hybridized carbons (Fsp3) is 0.250. The number of benzene rings is 2. The summed E-state index contributed by atoms with van der Waals surface area (Å²) in [4.78, 5) is 20.2. The molecule has 1 N–H and O–H groups in total. The highest BCUT2D eigenvalue weighted by molar-refractivity contribution is 6.31. The molecule has 3 heterocycles. The van der Waals surface area contributed by atoms with Crippen molar-refractivity contribution in [2.24, 2.45) is 0 Å². The molecule has 0 unspecified atom stereocenters. The minimum atomic E-state index is -0.389. The highest BCUT2D eigenvalue weighted by Gasteiger charge is 2.60. The van der Waals surface area contributed by atoms with Crippen molar-refractivity contribution in [1.29, 1.82) is 0 Å². The van der Waals surface area contributed by atoms with Gasteiger partial charge in [0.15, 0.2) is 0 Å². The van der Waals surface area contributed by atoms with Crippen LogP contribution < -0.4 is 4.90 Å². The van der Waals surface area contributed by atoms with Gasteiger partial charge < -0.3 is 14.8 Å². The van der Waals surface area contributed by atoms with Crippen molar-refractivity contribution in [3.8, 4) is 0 Å². The Morgan fingerprint density at radius 2 is 1.92 bits per heavy atom. The van der Waals surface area contributed by atoms with E-state index in [9.17, 15) is 4.79 Å². The first-order valence-electron chi connectivity index (χ1n) is 8.39. The average molecular weight is 352 g/mol. The van der Waals surface area contributed by atoms with Gasteiger partial charge in [0.25, 0.3) is 0 Å². The van der Waals surface area contributed by atoms with Gasteiger partial charge in [0, 0.05) is 48.3 Å². The summed E-state index contributed by atoms with van der Waals surface area (Å²) < 4.78 is 0. The number of carbonyl (C=O) groups excluding carboxylic acids is 1. The molecule has 2 aliphatic rings. The minimum absolute atomic E-state index is 0.0485. The molecule has 2 aromatic carbocycles. The van der Waals surface area contributed by atoms with Gasteiger partial charge in [0.1, 0.15) is 6.17 Å². The van der Waals surface area contributed by atoms with Gasteiger partial charge in [-0.2, -0.15) is 0 Å². The van der Waals surface area contributed by atoms with Gasteiger partial charge in [0.2, 0.25) is 5.91 Å². The number of aromatic amines is 1. The number of anilines is 1. The Balaban J connectivity index is 1.87. The first-order valence-corrected chi connectivity index (χ1v) is 8.77. The lowest BCUT2D eigenvalue weighted by Gasteiger charge is -2.34. The monoisotopic (exact) mass is 351 g/mol. The number of hydrogen-bond donors (Lipinski definition) is 1. The maximum atomic E-state index is 12.7. The third-order valence-electron chi connectivity index (χ3n) is 5.89. The third-order valence-corrected chi connectivity index (χ3v) is 6.12. The molecular weight excluding hydrogens is 334 g/mol. The number of likely N-dealkylation sites (N-methyl/N-ethyl adjacent to an activating group) is 2. The van der Waals surface area contributed by atoms with Crippen molar-refractivity contribution >= 4 is 34.1 Å². The van der Waals surface area contributed by atoms with E-state index in [4.69, 9.17) is 11.6 Å². The smallest absolute Gasteiger partial charge is 0.225 e. The van der Waals surface area contributed by atoms with E-state index in [0.29, 0.717) is 11.4 Å². The predicted molar refractivity (Wildman–Crippen MR) is 100 cm³/mol. The summed E-state index contributed by atoms with van der Waals surface area (Å²) in [5.74, 6) is 0.169. The molecule has 1 saturated heterocycles. The maximum absolute atomic E-state index is 12.7. The van der Waals surface area contributed by atoms with Gasteiger partial charge in [0.05, 0.1) is 5.41 Å². The largest absolute Gasteiger partial charge is 0.361 e. The van der Waals surface area contributed by atoms with Crippen LogP contribution in [-0.2, 0) is 10.2 Å². The summed E-state index contributed by atoms with van der Waals surface area (Å²) >= 11 is 6.26. The van der Waals surface area contributed by atoms with Crippen molar-refractivity contribution in [1.82, 2.24) is 9.88 Å². The summed E-state index contributed by atoms with van der Waals surface area (Å²) in [7, 11) is 3.94. The van der Waals surface area contributed by atoms with Crippen LogP contribution in [0.3, 0.4) is 0 Å². The number of nitrogens with zero attached hydrogens (tertiary/aromatic N) is 2. The molecule has 3 aromatic rings. The third kappa shape index (κ3) is 1.70. The molecule has 0 radical (unpaired) electrons. The molecule has 2 aliphatic heterocycles. The highest BCUT2D eigenvalue weighted by atomic mass is 35.5. The lowest BCUT2D eigenvalue weighted by atomic mass is 9.73. The first-order chi connectivity index (χ1) is 12.0. The molecule has 0 spiro atoms. The standard InChI is InChI=1S/C20H18ClN3O/c1-23-17-9-12(21)7-8-14(17)20(10-18(25)24(2)19(20)23)15-11-22-16-6-4-3-5-13(15)16/h3-9,11,19,22H,10H2,1-2H3/t19-,20-/m0/s1. The summed E-state index contributed by atoms with van der Waals surface area (Å²) in [6.07, 6.45) is 2.49. The molecule has 0 saturated carbocycles. The molecule has 1 amide bonds. The van der Waals surface area contributed by atoms with Crippen LogP contribution in [-0.4, -0.2) is 36.1 Å². The average Bonchev–Trinajstić information content (AvgIpc) is 3.21. The van der Waals surface area contributed by atoms with E-state index in [0.717, 1.165) is 11.2 Å². The predicted octanol–water partition coefficient (Wildman–Crippen LogP) is 3.75. The lowest BCUT2D eigenvalue weighted by molar-refractivity contribution is -0.127. The van der Waals surface area contributed by atoms with Crippen LogP contribution in [0.5, 0.6) is 0 Å². The van der Waals surface area contributed by atoms with Crippen molar-refractivity contribution in [3.05, 3.63) is 64.8 Å². The van der Waals surface area contributed by atoms with Gasteiger partial charge in [-0.15, -0.1) is 0 Å². The topological polar surface area (TPSA) is 39.3 Å². The van der Waals surface area contributed by atoms with Gasteiger partial charge >= 0.3 is 0 Å². The number of para-hydroxylation sites is 1. The summed E-state index contributed by atoms with van der Waals surface area (Å²) in [6, 6.07) is 14.3. The second kappa shape index (κ2) is 4.79. The Labute approximate surface area is 151 Å². The van der Waals surface area contributed by atoms with E-state index in [1.165, 1.54) is 16.5 Å². The molecule has 5 rings (SSSR count). The lowest BCUT2D eigenvalue weighted by Crippen LogP contribution is -2.47. The number of amides is 1. The van der Waals surface area contributed by atoms with Crippen LogP contribution in [0.2, 0.25) is 5.02 Å². The van der Waals surface area contributed by atoms with Crippen LogP contribution in [0.25, 0.3) is 10.9 Å². The Morgan fingerprint density at radius 3 is 2.76 bits per heavy atom. The summed E-state index contributed by atoms with van der Waals surface area (Å²) in [6.45, 7) is 0. The van der Waals surface area contributed by atoms with Crippen molar-refractivity contribution in [2.45, 2.75) is 18.0 Å². The second-order valence-electron chi connectivity index (χ2n) is 7.05. The molecule has 4 nitrogen and oxygen atoms in total. The van der Waals surface area contributed by atoms with E-state index < -0.39 is 0 Å². The van der Waals surface area contributed by atoms with E-state index >= 15 is 0 Å². The first kappa shape index (κ1) is 14.8. The van der Waals surface area contributed by atoms with Crippen LogP contribution in [0.4, 0.5) is 5.69 Å². The Morgan fingerprint density at radius 1 is 1.12 bits per heavy atom. The van der Waals surface area contributed by atoms with E-state index in [2.05, 4.69) is 34.3 Å². The van der Waals surface area contributed by atoms with Crippen LogP contribution in [0, 0.1) is 0 Å². The summed E-state index contributed by atoms with van der Waals surface area (Å²) in [5.41, 5.74) is 4.16. The van der Waals surface area contributed by atoms with Crippen molar-refractivity contribution < 1.29 is 4.79 Å². The number of aromatic nitrogens is 1. The minimum Gasteiger partial charge on any atom is -0.361 e. The molecule has 25 heavy (non-hydrogen) atoms. The van der Waals surface area contributed by atoms with Crippen molar-refractivity contribution in [3.63, 3.8) is 0 Å². The number of likely N-dealkylation sites (tertiary alicyclic amines) is 1. The zero-order valence-electron chi connectivity index (χ0n) is 14.1. The molecule has 5 heteroatoms. The number of halogens is 1. The van der Waals surface area contributed by atoms with Gasteiger partial charge in [-0.25, -0.2) is 0 Å². The molecule has 2 atom stereocenters. The van der Waals surface area contributed by atoms with Gasteiger partial charge in [-0.3, -0.25) is 4.79 Å². The summed E-state index contributed by atoms with van der Waals surface area (Å²) in [5, 5.41) is 1.89. The van der Waals surface area contributed by atoms with Gasteiger partial charge in [-0.05, 0) is 29.3 Å². The molecular formula is C20H18ClN3O.